The Balaban J connectivity index is 2.40. The minimum Gasteiger partial charge on any atom is -0.394 e. The van der Waals surface area contributed by atoms with E-state index < -0.39 is 6.04 Å². The zero-order valence-corrected chi connectivity index (χ0v) is 9.14. The van der Waals surface area contributed by atoms with Crippen molar-refractivity contribution in [3.05, 3.63) is 41.9 Å². The van der Waals surface area contributed by atoms with Gasteiger partial charge >= 0.3 is 0 Å². The van der Waals surface area contributed by atoms with Gasteiger partial charge in [0.25, 0.3) is 0 Å². The fourth-order valence-electron chi connectivity index (χ4n) is 1.62. The molecule has 2 rings (SSSR count). The summed E-state index contributed by atoms with van der Waals surface area (Å²) in [6.07, 6.45) is 0. The summed E-state index contributed by atoms with van der Waals surface area (Å²) in [5.41, 5.74) is 8.61. The molecule has 0 aliphatic carbocycles. The second kappa shape index (κ2) is 4.47. The van der Waals surface area contributed by atoms with Crippen LogP contribution in [0.4, 0.5) is 0 Å². The number of aliphatic hydroxyl groups is 1. The Kier molecular flexibility index (Phi) is 3.03. The molecule has 84 valence electrons. The number of aromatic nitrogens is 2. The van der Waals surface area contributed by atoms with Gasteiger partial charge in [0.2, 0.25) is 0 Å². The predicted octanol–water partition coefficient (Wildman–Crippen LogP) is 1.38. The van der Waals surface area contributed by atoms with Gasteiger partial charge in [-0.2, -0.15) is 0 Å². The van der Waals surface area contributed by atoms with Crippen molar-refractivity contribution in [1.82, 2.24) is 9.97 Å². The van der Waals surface area contributed by atoms with Crippen LogP contribution >= 0.6 is 0 Å². The number of aromatic amines is 1. The Morgan fingerprint density at radius 2 is 2.06 bits per heavy atom. The van der Waals surface area contributed by atoms with Crippen LogP contribution in [0.25, 0.3) is 11.3 Å². The van der Waals surface area contributed by atoms with Gasteiger partial charge in [0, 0.05) is 11.3 Å². The number of aliphatic hydroxyl groups excluding tert-OH is 1. The van der Waals surface area contributed by atoms with Gasteiger partial charge in [0.15, 0.2) is 0 Å². The molecule has 4 N–H and O–H groups in total. The minimum atomic E-state index is -0.448. The minimum absolute atomic E-state index is 0.110. The van der Waals surface area contributed by atoms with Gasteiger partial charge in [-0.3, -0.25) is 0 Å². The van der Waals surface area contributed by atoms with E-state index in [-0.39, 0.29) is 6.61 Å². The Bertz CT molecular complexity index is 464. The largest absolute Gasteiger partial charge is 0.394 e. The van der Waals surface area contributed by atoms with Crippen molar-refractivity contribution in [2.24, 2.45) is 5.73 Å². The summed E-state index contributed by atoms with van der Waals surface area (Å²) in [4.78, 5) is 7.51. The lowest BCUT2D eigenvalue weighted by molar-refractivity contribution is 0.264. The number of aryl methyl sites for hydroxylation is 1. The molecule has 0 bridgehead atoms. The van der Waals surface area contributed by atoms with Gasteiger partial charge < -0.3 is 15.8 Å². The standard InChI is InChI=1S/C12H15N3O/c1-8-11(9-5-3-2-4-6-9)15-12(14-8)10(13)7-16/h2-6,10,16H,7,13H2,1H3,(H,14,15). The molecule has 1 aromatic carbocycles. The quantitative estimate of drug-likeness (QED) is 0.727. The molecule has 2 aromatic rings. The lowest BCUT2D eigenvalue weighted by Crippen LogP contribution is -2.16. The normalized spacial score (nSPS) is 12.7. The van der Waals surface area contributed by atoms with Crippen molar-refractivity contribution in [2.75, 3.05) is 6.61 Å². The van der Waals surface area contributed by atoms with E-state index in [4.69, 9.17) is 10.8 Å². The van der Waals surface area contributed by atoms with Crippen LogP contribution in [0.1, 0.15) is 17.6 Å². The Labute approximate surface area is 94.1 Å². The molecule has 0 amide bonds. The number of H-pyrrole nitrogens is 1. The number of benzene rings is 1. The first-order valence-corrected chi connectivity index (χ1v) is 5.20. The lowest BCUT2D eigenvalue weighted by atomic mass is 10.1. The number of nitrogens with two attached hydrogens (primary N) is 1. The van der Waals surface area contributed by atoms with Crippen molar-refractivity contribution < 1.29 is 5.11 Å². The van der Waals surface area contributed by atoms with Gasteiger partial charge in [-0.1, -0.05) is 30.3 Å². The Hall–Kier alpha value is -1.65. The van der Waals surface area contributed by atoms with Crippen LogP contribution in [-0.4, -0.2) is 21.7 Å². The summed E-state index contributed by atoms with van der Waals surface area (Å²) in [5, 5.41) is 8.97. The molecular formula is C12H15N3O. The average Bonchev–Trinajstić information content (AvgIpc) is 2.71. The molecule has 1 aromatic heterocycles. The average molecular weight is 217 g/mol. The van der Waals surface area contributed by atoms with E-state index in [2.05, 4.69) is 9.97 Å². The highest BCUT2D eigenvalue weighted by Crippen LogP contribution is 2.22. The SMILES string of the molecule is Cc1[nH]c(C(N)CO)nc1-c1ccccc1. The monoisotopic (exact) mass is 217 g/mol. The third-order valence-corrected chi connectivity index (χ3v) is 2.50. The molecule has 1 heterocycles. The number of imidazole rings is 1. The first-order valence-electron chi connectivity index (χ1n) is 5.20. The molecule has 0 aliphatic rings. The molecule has 0 fully saturated rings. The zero-order chi connectivity index (χ0) is 11.5. The number of hydrogen-bond acceptors (Lipinski definition) is 3. The van der Waals surface area contributed by atoms with Gasteiger partial charge in [-0.05, 0) is 6.92 Å². The highest BCUT2D eigenvalue weighted by molar-refractivity contribution is 5.61. The second-order valence-corrected chi connectivity index (χ2v) is 3.75. The molecule has 0 saturated heterocycles. The fourth-order valence-corrected chi connectivity index (χ4v) is 1.62. The van der Waals surface area contributed by atoms with E-state index >= 15 is 0 Å². The molecule has 4 nitrogen and oxygen atoms in total. The number of hydrogen-bond donors (Lipinski definition) is 3. The highest BCUT2D eigenvalue weighted by atomic mass is 16.3. The summed E-state index contributed by atoms with van der Waals surface area (Å²) < 4.78 is 0. The van der Waals surface area contributed by atoms with Gasteiger partial charge in [0.05, 0.1) is 18.3 Å². The van der Waals surface area contributed by atoms with Crippen molar-refractivity contribution in [3.63, 3.8) is 0 Å². The molecule has 0 radical (unpaired) electrons. The number of nitrogens with zero attached hydrogens (tertiary/aromatic N) is 1. The van der Waals surface area contributed by atoms with Crippen LogP contribution in [0, 0.1) is 6.92 Å². The van der Waals surface area contributed by atoms with Crippen molar-refractivity contribution in [3.8, 4) is 11.3 Å². The van der Waals surface area contributed by atoms with E-state index in [0.29, 0.717) is 5.82 Å². The maximum absolute atomic E-state index is 8.97. The van der Waals surface area contributed by atoms with E-state index in [1.807, 2.05) is 37.3 Å². The van der Waals surface area contributed by atoms with Crippen LogP contribution in [0.15, 0.2) is 30.3 Å². The zero-order valence-electron chi connectivity index (χ0n) is 9.14. The van der Waals surface area contributed by atoms with Gasteiger partial charge in [-0.25, -0.2) is 4.98 Å². The van der Waals surface area contributed by atoms with Crippen LogP contribution in [0.2, 0.25) is 0 Å². The van der Waals surface area contributed by atoms with Gasteiger partial charge in [-0.15, -0.1) is 0 Å². The summed E-state index contributed by atoms with van der Waals surface area (Å²) >= 11 is 0. The van der Waals surface area contributed by atoms with E-state index in [0.717, 1.165) is 17.0 Å². The fraction of sp³-hybridized carbons (Fsp3) is 0.250. The maximum Gasteiger partial charge on any atom is 0.126 e. The van der Waals surface area contributed by atoms with E-state index in [1.54, 1.807) is 0 Å². The molecule has 4 heteroatoms. The van der Waals surface area contributed by atoms with Crippen LogP contribution in [0.5, 0.6) is 0 Å². The van der Waals surface area contributed by atoms with Crippen LogP contribution in [0.3, 0.4) is 0 Å². The van der Waals surface area contributed by atoms with Crippen molar-refractivity contribution >= 4 is 0 Å². The topological polar surface area (TPSA) is 74.9 Å². The molecule has 16 heavy (non-hydrogen) atoms. The Morgan fingerprint density at radius 1 is 1.38 bits per heavy atom. The summed E-state index contributed by atoms with van der Waals surface area (Å²) in [7, 11) is 0. The third-order valence-electron chi connectivity index (χ3n) is 2.50. The Morgan fingerprint density at radius 3 is 2.69 bits per heavy atom. The summed E-state index contributed by atoms with van der Waals surface area (Å²) in [5.74, 6) is 0.624. The molecule has 0 spiro atoms. The molecule has 0 aliphatic heterocycles. The number of nitrogens with one attached hydrogen (secondary N) is 1. The van der Waals surface area contributed by atoms with E-state index in [1.165, 1.54) is 0 Å². The van der Waals surface area contributed by atoms with Gasteiger partial charge in [0.1, 0.15) is 5.82 Å². The third kappa shape index (κ3) is 1.98. The van der Waals surface area contributed by atoms with Crippen molar-refractivity contribution in [2.45, 2.75) is 13.0 Å². The lowest BCUT2D eigenvalue weighted by Gasteiger charge is -2.02. The molecule has 1 atom stereocenters. The van der Waals surface area contributed by atoms with E-state index in [9.17, 15) is 0 Å². The maximum atomic E-state index is 8.97. The first kappa shape index (κ1) is 10.9. The van der Waals surface area contributed by atoms with Crippen LogP contribution < -0.4 is 5.73 Å². The number of rotatable bonds is 3. The predicted molar refractivity (Wildman–Crippen MR) is 62.8 cm³/mol. The second-order valence-electron chi connectivity index (χ2n) is 3.75. The highest BCUT2D eigenvalue weighted by Gasteiger charge is 2.13. The smallest absolute Gasteiger partial charge is 0.126 e. The summed E-state index contributed by atoms with van der Waals surface area (Å²) in [6.45, 7) is 1.84. The molecular weight excluding hydrogens is 202 g/mol. The summed E-state index contributed by atoms with van der Waals surface area (Å²) in [6, 6.07) is 9.45. The molecule has 1 unspecified atom stereocenters. The van der Waals surface area contributed by atoms with Crippen molar-refractivity contribution in [1.29, 1.82) is 0 Å². The van der Waals surface area contributed by atoms with Crippen LogP contribution in [-0.2, 0) is 0 Å². The first-order chi connectivity index (χ1) is 7.72. The molecule has 0 saturated carbocycles.